The number of pyridine rings is 1. The summed E-state index contributed by atoms with van der Waals surface area (Å²) in [5.74, 6) is 5.55. The summed E-state index contributed by atoms with van der Waals surface area (Å²) < 4.78 is 0. The molecule has 0 radical (unpaired) electrons. The Morgan fingerprint density at radius 2 is 2.35 bits per heavy atom. The third-order valence-electron chi connectivity index (χ3n) is 2.78. The molecule has 2 aromatic rings. The van der Waals surface area contributed by atoms with E-state index in [4.69, 9.17) is 5.73 Å². The fourth-order valence-corrected chi connectivity index (χ4v) is 2.43. The van der Waals surface area contributed by atoms with Crippen LogP contribution < -0.4 is 11.1 Å². The maximum atomic E-state index is 12.2. The molecule has 0 unspecified atom stereocenters. The maximum absolute atomic E-state index is 12.2. The van der Waals surface area contributed by atoms with E-state index >= 15 is 0 Å². The van der Waals surface area contributed by atoms with Gasteiger partial charge in [-0.3, -0.25) is 9.78 Å². The largest absolute Gasteiger partial charge is 0.347 e. The zero-order valence-corrected chi connectivity index (χ0v) is 12.0. The molecular weight excluding hydrogens is 270 g/mol. The van der Waals surface area contributed by atoms with E-state index in [0.29, 0.717) is 11.4 Å². The number of carbonyl (C=O) groups excluding carboxylic acids is 1. The van der Waals surface area contributed by atoms with Gasteiger partial charge in [0.1, 0.15) is 4.88 Å². The van der Waals surface area contributed by atoms with Crippen LogP contribution in [0.15, 0.2) is 29.9 Å². The van der Waals surface area contributed by atoms with Crippen LogP contribution in [0.3, 0.4) is 0 Å². The zero-order valence-electron chi connectivity index (χ0n) is 11.1. The molecule has 0 aromatic carbocycles. The van der Waals surface area contributed by atoms with Crippen LogP contribution in [0.4, 0.5) is 0 Å². The molecule has 5 heteroatoms. The summed E-state index contributed by atoms with van der Waals surface area (Å²) in [6, 6.07) is 3.75. The molecule has 0 spiro atoms. The number of amides is 1. The molecule has 0 saturated heterocycles. The summed E-state index contributed by atoms with van der Waals surface area (Å²) in [4.78, 5) is 16.8. The number of thiophene rings is 1. The third kappa shape index (κ3) is 3.44. The Bertz CT molecular complexity index is 667. The lowest BCUT2D eigenvalue weighted by Gasteiger charge is -2.06. The fourth-order valence-electron chi connectivity index (χ4n) is 1.67. The summed E-state index contributed by atoms with van der Waals surface area (Å²) in [6.07, 6.45) is 3.50. The van der Waals surface area contributed by atoms with Gasteiger partial charge < -0.3 is 11.1 Å². The minimum absolute atomic E-state index is 0.121. The number of aromatic nitrogens is 1. The molecule has 3 N–H and O–H groups in total. The molecular formula is C15H15N3OS. The van der Waals surface area contributed by atoms with Gasteiger partial charge in [-0.25, -0.2) is 0 Å². The van der Waals surface area contributed by atoms with E-state index in [1.165, 1.54) is 11.3 Å². The number of carbonyl (C=O) groups is 1. The van der Waals surface area contributed by atoms with Gasteiger partial charge in [0.2, 0.25) is 0 Å². The van der Waals surface area contributed by atoms with Crippen LogP contribution in [0, 0.1) is 18.8 Å². The highest BCUT2D eigenvalue weighted by Gasteiger charge is 2.11. The molecule has 0 fully saturated rings. The minimum atomic E-state index is -0.121. The number of hydrogen-bond acceptors (Lipinski definition) is 4. The second kappa shape index (κ2) is 6.85. The topological polar surface area (TPSA) is 68.0 Å². The minimum Gasteiger partial charge on any atom is -0.347 e. The van der Waals surface area contributed by atoms with Gasteiger partial charge in [0.25, 0.3) is 5.91 Å². The Labute approximate surface area is 122 Å². The van der Waals surface area contributed by atoms with E-state index < -0.39 is 0 Å². The van der Waals surface area contributed by atoms with Crippen LogP contribution in [0.1, 0.15) is 26.4 Å². The molecule has 0 aliphatic rings. The van der Waals surface area contributed by atoms with Crippen molar-refractivity contribution < 1.29 is 4.79 Å². The van der Waals surface area contributed by atoms with Crippen LogP contribution >= 0.6 is 11.3 Å². The molecule has 0 aliphatic heterocycles. The van der Waals surface area contributed by atoms with Gasteiger partial charge in [-0.05, 0) is 35.6 Å². The van der Waals surface area contributed by atoms with Crippen molar-refractivity contribution in [2.45, 2.75) is 13.5 Å². The quantitative estimate of drug-likeness (QED) is 0.843. The Morgan fingerprint density at radius 1 is 1.50 bits per heavy atom. The molecule has 0 saturated carbocycles. The summed E-state index contributed by atoms with van der Waals surface area (Å²) >= 11 is 1.38. The van der Waals surface area contributed by atoms with Crippen molar-refractivity contribution in [1.29, 1.82) is 0 Å². The summed E-state index contributed by atoms with van der Waals surface area (Å²) in [5, 5.41) is 4.74. The molecule has 1 amide bonds. The summed E-state index contributed by atoms with van der Waals surface area (Å²) in [7, 11) is 0. The average molecular weight is 285 g/mol. The monoisotopic (exact) mass is 285 g/mol. The maximum Gasteiger partial charge on any atom is 0.262 e. The summed E-state index contributed by atoms with van der Waals surface area (Å²) in [6.45, 7) is 2.73. The van der Waals surface area contributed by atoms with Crippen LogP contribution in [-0.2, 0) is 6.54 Å². The highest BCUT2D eigenvalue weighted by molar-refractivity contribution is 7.12. The third-order valence-corrected chi connectivity index (χ3v) is 3.70. The predicted octanol–water partition coefficient (Wildman–Crippen LogP) is 1.69. The van der Waals surface area contributed by atoms with Gasteiger partial charge in [-0.2, -0.15) is 0 Å². The lowest BCUT2D eigenvalue weighted by atomic mass is 10.1. The predicted molar refractivity (Wildman–Crippen MR) is 80.4 cm³/mol. The van der Waals surface area contributed by atoms with Crippen molar-refractivity contribution in [2.24, 2.45) is 5.73 Å². The molecule has 102 valence electrons. The molecule has 2 rings (SSSR count). The zero-order chi connectivity index (χ0) is 14.4. The van der Waals surface area contributed by atoms with Crippen molar-refractivity contribution in [3.8, 4) is 11.8 Å². The first kappa shape index (κ1) is 14.3. The van der Waals surface area contributed by atoms with Gasteiger partial charge in [0, 0.05) is 24.5 Å². The molecule has 0 bridgehead atoms. The lowest BCUT2D eigenvalue weighted by Crippen LogP contribution is -2.23. The number of aryl methyl sites for hydroxylation is 1. The number of nitrogens with two attached hydrogens (primary N) is 1. The van der Waals surface area contributed by atoms with Crippen LogP contribution in [0.5, 0.6) is 0 Å². The van der Waals surface area contributed by atoms with Gasteiger partial charge in [-0.15, -0.1) is 11.3 Å². The molecule has 0 aliphatic carbocycles. The number of nitrogens with one attached hydrogen (secondary N) is 1. The number of nitrogens with zero attached hydrogens (tertiary/aromatic N) is 1. The first-order valence-corrected chi connectivity index (χ1v) is 7.04. The van der Waals surface area contributed by atoms with E-state index in [1.807, 2.05) is 24.4 Å². The fraction of sp³-hybridized carbons (Fsp3) is 0.200. The van der Waals surface area contributed by atoms with E-state index in [9.17, 15) is 4.79 Å². The standard InChI is InChI=1S/C15H15N3OS/c1-11-4-7-17-9-13(11)10-18-15(19)14-12(3-2-6-16)5-8-20-14/h4-5,7-9H,6,10,16H2,1H3,(H,18,19). The number of rotatable bonds is 3. The van der Waals surface area contributed by atoms with Crippen LogP contribution in [-0.4, -0.2) is 17.4 Å². The second-order valence-corrected chi connectivity index (χ2v) is 5.07. The van der Waals surface area contributed by atoms with Crippen molar-refractivity contribution >= 4 is 17.2 Å². The average Bonchev–Trinajstić information content (AvgIpc) is 2.92. The highest BCUT2D eigenvalue weighted by atomic mass is 32.1. The van der Waals surface area contributed by atoms with E-state index in [2.05, 4.69) is 22.1 Å². The molecule has 20 heavy (non-hydrogen) atoms. The SMILES string of the molecule is Cc1ccncc1CNC(=O)c1sccc1C#CCN. The van der Waals surface area contributed by atoms with Crippen LogP contribution in [0.25, 0.3) is 0 Å². The van der Waals surface area contributed by atoms with E-state index in [1.54, 1.807) is 12.4 Å². The molecule has 4 nitrogen and oxygen atoms in total. The molecule has 2 aromatic heterocycles. The van der Waals surface area contributed by atoms with Crippen molar-refractivity contribution in [2.75, 3.05) is 6.54 Å². The Morgan fingerprint density at radius 3 is 3.10 bits per heavy atom. The van der Waals surface area contributed by atoms with E-state index in [0.717, 1.165) is 16.7 Å². The molecule has 2 heterocycles. The Balaban J connectivity index is 2.06. The van der Waals surface area contributed by atoms with Gasteiger partial charge in [0.05, 0.1) is 6.54 Å². The first-order valence-electron chi connectivity index (χ1n) is 6.16. The van der Waals surface area contributed by atoms with E-state index in [-0.39, 0.29) is 12.5 Å². The smallest absolute Gasteiger partial charge is 0.262 e. The molecule has 0 atom stereocenters. The van der Waals surface area contributed by atoms with Crippen molar-refractivity contribution in [3.63, 3.8) is 0 Å². The lowest BCUT2D eigenvalue weighted by molar-refractivity contribution is 0.0954. The summed E-state index contributed by atoms with van der Waals surface area (Å²) in [5.41, 5.74) is 8.18. The van der Waals surface area contributed by atoms with Gasteiger partial charge in [0.15, 0.2) is 0 Å². The first-order chi connectivity index (χ1) is 9.72. The van der Waals surface area contributed by atoms with Gasteiger partial charge >= 0.3 is 0 Å². The normalized spacial score (nSPS) is 9.70. The van der Waals surface area contributed by atoms with Crippen molar-refractivity contribution in [3.05, 3.63) is 51.5 Å². The highest BCUT2D eigenvalue weighted by Crippen LogP contribution is 2.16. The second-order valence-electron chi connectivity index (χ2n) is 4.15. The van der Waals surface area contributed by atoms with Crippen molar-refractivity contribution in [1.82, 2.24) is 10.3 Å². The van der Waals surface area contributed by atoms with Gasteiger partial charge in [-0.1, -0.05) is 11.8 Å². The van der Waals surface area contributed by atoms with Crippen LogP contribution in [0.2, 0.25) is 0 Å². The number of hydrogen-bond donors (Lipinski definition) is 2. The Hall–Kier alpha value is -2.16. The Kier molecular flexibility index (Phi) is 4.88.